The molecule has 0 unspecified atom stereocenters. The van der Waals surface area contributed by atoms with Crippen molar-refractivity contribution in [1.82, 2.24) is 25.2 Å². The van der Waals surface area contributed by atoms with E-state index in [9.17, 15) is 0 Å². The molecule has 0 spiro atoms. The minimum absolute atomic E-state index is 0.654. The SMILES string of the molecule is CN=C(NCCSc1ccc(Cl)cc1)NCc1ccc(-n2ccnc2)nc1. The Morgan fingerprint density at radius 3 is 2.70 bits per heavy atom. The summed E-state index contributed by atoms with van der Waals surface area (Å²) in [5, 5.41) is 7.37. The molecule has 0 saturated heterocycles. The first-order chi connectivity index (χ1) is 13.2. The maximum absolute atomic E-state index is 5.90. The number of nitrogens with zero attached hydrogens (tertiary/aromatic N) is 4. The van der Waals surface area contributed by atoms with E-state index >= 15 is 0 Å². The first-order valence-electron chi connectivity index (χ1n) is 8.51. The molecule has 2 aromatic heterocycles. The highest BCUT2D eigenvalue weighted by Crippen LogP contribution is 2.19. The summed E-state index contributed by atoms with van der Waals surface area (Å²) in [7, 11) is 1.77. The Morgan fingerprint density at radius 1 is 1.19 bits per heavy atom. The van der Waals surface area contributed by atoms with E-state index in [-0.39, 0.29) is 0 Å². The Morgan fingerprint density at radius 2 is 2.04 bits per heavy atom. The number of halogens is 1. The lowest BCUT2D eigenvalue weighted by Crippen LogP contribution is -2.37. The number of nitrogens with one attached hydrogen (secondary N) is 2. The third-order valence-corrected chi connectivity index (χ3v) is 5.00. The van der Waals surface area contributed by atoms with Gasteiger partial charge in [0.2, 0.25) is 0 Å². The smallest absolute Gasteiger partial charge is 0.191 e. The normalized spacial score (nSPS) is 11.4. The van der Waals surface area contributed by atoms with E-state index < -0.39 is 0 Å². The second-order valence-electron chi connectivity index (χ2n) is 5.65. The van der Waals surface area contributed by atoms with Crippen molar-refractivity contribution >= 4 is 29.3 Å². The first kappa shape index (κ1) is 19.3. The van der Waals surface area contributed by atoms with Crippen LogP contribution < -0.4 is 10.6 Å². The van der Waals surface area contributed by atoms with Crippen LogP contribution in [0.5, 0.6) is 0 Å². The summed E-state index contributed by atoms with van der Waals surface area (Å²) in [6, 6.07) is 11.9. The predicted molar refractivity (Wildman–Crippen MR) is 112 cm³/mol. The molecule has 0 saturated carbocycles. The minimum atomic E-state index is 0.654. The Balaban J connectivity index is 1.40. The van der Waals surface area contributed by atoms with Crippen molar-refractivity contribution in [1.29, 1.82) is 0 Å². The van der Waals surface area contributed by atoms with Crippen molar-refractivity contribution in [2.45, 2.75) is 11.4 Å². The number of aromatic nitrogens is 3. The average Bonchev–Trinajstić information content (AvgIpc) is 3.24. The van der Waals surface area contributed by atoms with E-state index in [2.05, 4.69) is 25.6 Å². The lowest BCUT2D eigenvalue weighted by molar-refractivity contribution is 0.827. The first-order valence-corrected chi connectivity index (χ1v) is 9.87. The van der Waals surface area contributed by atoms with Crippen LogP contribution in [-0.4, -0.2) is 39.8 Å². The summed E-state index contributed by atoms with van der Waals surface area (Å²) in [4.78, 5) is 13.9. The van der Waals surface area contributed by atoms with Gasteiger partial charge in [0, 0.05) is 54.4 Å². The van der Waals surface area contributed by atoms with Crippen molar-refractivity contribution in [2.75, 3.05) is 19.3 Å². The number of imidazole rings is 1. The van der Waals surface area contributed by atoms with Crippen LogP contribution in [0.15, 0.2) is 71.2 Å². The summed E-state index contributed by atoms with van der Waals surface area (Å²) < 4.78 is 1.87. The second-order valence-corrected chi connectivity index (χ2v) is 7.25. The molecule has 0 aliphatic heterocycles. The fourth-order valence-corrected chi connectivity index (χ4v) is 3.24. The number of benzene rings is 1. The van der Waals surface area contributed by atoms with Gasteiger partial charge in [-0.3, -0.25) is 9.56 Å². The van der Waals surface area contributed by atoms with E-state index in [0.717, 1.165) is 34.7 Å². The highest BCUT2D eigenvalue weighted by Gasteiger charge is 2.01. The molecule has 0 radical (unpaired) electrons. The minimum Gasteiger partial charge on any atom is -0.356 e. The third-order valence-electron chi connectivity index (χ3n) is 3.74. The van der Waals surface area contributed by atoms with Gasteiger partial charge in [-0.05, 0) is 35.9 Å². The van der Waals surface area contributed by atoms with Crippen LogP contribution >= 0.6 is 23.4 Å². The molecule has 1 aromatic carbocycles. The van der Waals surface area contributed by atoms with Crippen molar-refractivity contribution in [3.8, 4) is 5.82 Å². The monoisotopic (exact) mass is 400 g/mol. The largest absolute Gasteiger partial charge is 0.356 e. The standard InChI is InChI=1S/C19H21ClN6S/c1-21-19(23-9-11-27-17-5-3-16(20)4-6-17)25-13-15-2-7-18(24-12-15)26-10-8-22-14-26/h2-8,10,12,14H,9,11,13H2,1H3,(H2,21,23,25). The highest BCUT2D eigenvalue weighted by atomic mass is 35.5. The Hall–Kier alpha value is -2.51. The molecule has 0 aliphatic rings. The van der Waals surface area contributed by atoms with Gasteiger partial charge in [-0.25, -0.2) is 9.97 Å². The zero-order chi connectivity index (χ0) is 18.9. The van der Waals surface area contributed by atoms with Gasteiger partial charge in [0.05, 0.1) is 0 Å². The molecule has 0 aliphatic carbocycles. The van der Waals surface area contributed by atoms with Gasteiger partial charge in [-0.1, -0.05) is 17.7 Å². The van der Waals surface area contributed by atoms with E-state index in [4.69, 9.17) is 11.6 Å². The molecular weight excluding hydrogens is 380 g/mol. The van der Waals surface area contributed by atoms with Crippen LogP contribution in [0.4, 0.5) is 0 Å². The molecule has 6 nitrogen and oxygen atoms in total. The molecule has 140 valence electrons. The Bertz CT molecular complexity index is 847. The lowest BCUT2D eigenvalue weighted by Gasteiger charge is -2.12. The molecule has 0 fully saturated rings. The van der Waals surface area contributed by atoms with Crippen molar-refractivity contribution in [2.24, 2.45) is 4.99 Å². The molecule has 8 heteroatoms. The maximum atomic E-state index is 5.90. The lowest BCUT2D eigenvalue weighted by atomic mass is 10.3. The van der Waals surface area contributed by atoms with Gasteiger partial charge in [-0.2, -0.15) is 0 Å². The molecule has 27 heavy (non-hydrogen) atoms. The molecule has 0 amide bonds. The summed E-state index contributed by atoms with van der Waals surface area (Å²) in [5.41, 5.74) is 1.08. The van der Waals surface area contributed by atoms with Gasteiger partial charge in [-0.15, -0.1) is 11.8 Å². The van der Waals surface area contributed by atoms with E-state index in [0.29, 0.717) is 6.54 Å². The number of guanidine groups is 1. The number of thioether (sulfide) groups is 1. The van der Waals surface area contributed by atoms with E-state index in [1.165, 1.54) is 4.90 Å². The van der Waals surface area contributed by atoms with Gasteiger partial charge >= 0.3 is 0 Å². The number of hydrogen-bond donors (Lipinski definition) is 2. The molecule has 0 bridgehead atoms. The van der Waals surface area contributed by atoms with E-state index in [1.54, 1.807) is 31.3 Å². The average molecular weight is 401 g/mol. The van der Waals surface area contributed by atoms with Crippen LogP contribution in [0, 0.1) is 0 Å². The predicted octanol–water partition coefficient (Wildman–Crippen LogP) is 3.38. The highest BCUT2D eigenvalue weighted by molar-refractivity contribution is 7.99. The molecule has 2 heterocycles. The van der Waals surface area contributed by atoms with E-state index in [1.807, 2.05) is 53.4 Å². The van der Waals surface area contributed by atoms with Gasteiger partial charge in [0.1, 0.15) is 12.1 Å². The van der Waals surface area contributed by atoms with Crippen LogP contribution in [0.2, 0.25) is 5.02 Å². The quantitative estimate of drug-likeness (QED) is 0.275. The van der Waals surface area contributed by atoms with Crippen LogP contribution in [-0.2, 0) is 6.54 Å². The summed E-state index contributed by atoms with van der Waals surface area (Å²) in [6.07, 6.45) is 7.19. The fraction of sp³-hybridized carbons (Fsp3) is 0.211. The van der Waals surface area contributed by atoms with Gasteiger partial charge < -0.3 is 10.6 Å². The second kappa shape index (κ2) is 9.99. The van der Waals surface area contributed by atoms with Crippen LogP contribution in [0.25, 0.3) is 5.82 Å². The van der Waals surface area contributed by atoms with Crippen molar-refractivity contribution in [3.05, 3.63) is 71.9 Å². The number of aliphatic imine (C=N–C) groups is 1. The molecule has 0 atom stereocenters. The summed E-state index contributed by atoms with van der Waals surface area (Å²) in [6.45, 7) is 1.46. The Kier molecular flexibility index (Phi) is 7.12. The molecular formula is C19H21ClN6S. The molecule has 3 rings (SSSR count). The van der Waals surface area contributed by atoms with Gasteiger partial charge in [0.15, 0.2) is 5.96 Å². The zero-order valence-corrected chi connectivity index (χ0v) is 16.5. The van der Waals surface area contributed by atoms with Gasteiger partial charge in [0.25, 0.3) is 0 Å². The summed E-state index contributed by atoms with van der Waals surface area (Å²) >= 11 is 7.67. The van der Waals surface area contributed by atoms with Crippen LogP contribution in [0.1, 0.15) is 5.56 Å². The fourth-order valence-electron chi connectivity index (χ4n) is 2.34. The number of pyridine rings is 1. The molecule has 3 aromatic rings. The topological polar surface area (TPSA) is 67.1 Å². The molecule has 2 N–H and O–H groups in total. The zero-order valence-electron chi connectivity index (χ0n) is 15.0. The Labute approximate surface area is 168 Å². The number of hydrogen-bond acceptors (Lipinski definition) is 4. The van der Waals surface area contributed by atoms with Crippen molar-refractivity contribution in [3.63, 3.8) is 0 Å². The van der Waals surface area contributed by atoms with Crippen LogP contribution in [0.3, 0.4) is 0 Å². The summed E-state index contributed by atoms with van der Waals surface area (Å²) in [5.74, 6) is 2.55. The van der Waals surface area contributed by atoms with Crippen molar-refractivity contribution < 1.29 is 0 Å². The third kappa shape index (κ3) is 6.01. The maximum Gasteiger partial charge on any atom is 0.191 e. The number of rotatable bonds is 7.